The van der Waals surface area contributed by atoms with Gasteiger partial charge in [0.25, 0.3) is 0 Å². The summed E-state index contributed by atoms with van der Waals surface area (Å²) in [6.45, 7) is 4.31. The Kier molecular flexibility index (Phi) is 5.27. The molecule has 0 radical (unpaired) electrons. The topological polar surface area (TPSA) is 62.7 Å². The van der Waals surface area contributed by atoms with Crippen LogP contribution in [0.3, 0.4) is 0 Å². The average molecular weight is 418 g/mol. The van der Waals surface area contributed by atoms with Gasteiger partial charge in [-0.2, -0.15) is 4.31 Å². The number of rotatable bonds is 5. The second-order valence-corrected chi connectivity index (χ2v) is 9.67. The smallest absolute Gasteiger partial charge is 0.243 e. The van der Waals surface area contributed by atoms with Crippen LogP contribution in [0.25, 0.3) is 10.2 Å². The highest BCUT2D eigenvalue weighted by atomic mass is 32.2. The molecular formula is C20H23N3O3S2. The molecule has 2 heterocycles. The lowest BCUT2D eigenvalue weighted by Gasteiger charge is -2.33. The molecule has 0 N–H and O–H groups in total. The van der Waals surface area contributed by atoms with E-state index >= 15 is 0 Å². The largest absolute Gasteiger partial charge is 0.497 e. The quantitative estimate of drug-likeness (QED) is 0.637. The molecule has 0 aliphatic carbocycles. The predicted molar refractivity (Wildman–Crippen MR) is 113 cm³/mol. The van der Waals surface area contributed by atoms with Gasteiger partial charge in [-0.15, -0.1) is 0 Å². The Morgan fingerprint density at radius 1 is 1.07 bits per heavy atom. The van der Waals surface area contributed by atoms with Crippen molar-refractivity contribution in [3.63, 3.8) is 0 Å². The van der Waals surface area contributed by atoms with Gasteiger partial charge in [0.2, 0.25) is 10.0 Å². The second-order valence-electron chi connectivity index (χ2n) is 6.72. The van der Waals surface area contributed by atoms with Gasteiger partial charge < -0.3 is 9.64 Å². The number of aromatic nitrogens is 1. The first-order valence-corrected chi connectivity index (χ1v) is 11.6. The van der Waals surface area contributed by atoms with Crippen LogP contribution in [0, 0.1) is 0 Å². The summed E-state index contributed by atoms with van der Waals surface area (Å²) in [5.74, 6) is 0.644. The van der Waals surface area contributed by atoms with Gasteiger partial charge in [0.15, 0.2) is 5.13 Å². The van der Waals surface area contributed by atoms with Gasteiger partial charge in [-0.05, 0) is 48.4 Å². The predicted octanol–water partition coefficient (Wildman–Crippen LogP) is 3.38. The first kappa shape index (κ1) is 19.2. The SMILES string of the molecule is CCc1ccc2nc(N3CCN(S(=O)(=O)c4ccc(OC)cc4)CC3)sc2c1. The van der Waals surface area contributed by atoms with Gasteiger partial charge >= 0.3 is 0 Å². The van der Waals surface area contributed by atoms with E-state index in [4.69, 9.17) is 9.72 Å². The van der Waals surface area contributed by atoms with Crippen molar-refractivity contribution in [1.82, 2.24) is 9.29 Å². The lowest BCUT2D eigenvalue weighted by molar-refractivity contribution is 0.384. The van der Waals surface area contributed by atoms with Crippen LogP contribution in [0.1, 0.15) is 12.5 Å². The number of piperazine rings is 1. The van der Waals surface area contributed by atoms with Crippen LogP contribution >= 0.6 is 11.3 Å². The molecule has 0 bridgehead atoms. The first-order chi connectivity index (χ1) is 13.5. The first-order valence-electron chi connectivity index (χ1n) is 9.30. The Morgan fingerprint density at radius 2 is 1.79 bits per heavy atom. The summed E-state index contributed by atoms with van der Waals surface area (Å²) in [7, 11) is -1.93. The molecule has 6 nitrogen and oxygen atoms in total. The Labute approximate surface area is 169 Å². The third-order valence-electron chi connectivity index (χ3n) is 5.06. The third-order valence-corrected chi connectivity index (χ3v) is 8.05. The van der Waals surface area contributed by atoms with Crippen LogP contribution in [-0.2, 0) is 16.4 Å². The van der Waals surface area contributed by atoms with Crippen molar-refractivity contribution in [3.05, 3.63) is 48.0 Å². The van der Waals surface area contributed by atoms with Crippen LogP contribution in [0.4, 0.5) is 5.13 Å². The zero-order valence-corrected chi connectivity index (χ0v) is 17.6. The molecule has 0 saturated carbocycles. The molecular weight excluding hydrogens is 394 g/mol. The number of ether oxygens (including phenoxy) is 1. The fraction of sp³-hybridized carbons (Fsp3) is 0.350. The fourth-order valence-corrected chi connectivity index (χ4v) is 5.83. The van der Waals surface area contributed by atoms with Gasteiger partial charge in [-0.1, -0.05) is 24.3 Å². The van der Waals surface area contributed by atoms with Crippen LogP contribution in [0.15, 0.2) is 47.4 Å². The maximum absolute atomic E-state index is 12.9. The fourth-order valence-electron chi connectivity index (χ4n) is 3.33. The number of benzene rings is 2. The number of fused-ring (bicyclic) bond motifs is 1. The maximum Gasteiger partial charge on any atom is 0.243 e. The van der Waals surface area contributed by atoms with Crippen molar-refractivity contribution in [2.45, 2.75) is 18.2 Å². The number of sulfonamides is 1. The van der Waals surface area contributed by atoms with E-state index in [1.807, 2.05) is 0 Å². The van der Waals surface area contributed by atoms with Crippen molar-refractivity contribution < 1.29 is 13.2 Å². The van der Waals surface area contributed by atoms with Gasteiger partial charge in [-0.3, -0.25) is 0 Å². The van der Waals surface area contributed by atoms with Gasteiger partial charge in [0.05, 0.1) is 22.2 Å². The standard InChI is InChI=1S/C20H23N3O3S2/c1-3-15-4-9-18-19(14-15)27-20(21-18)22-10-12-23(13-11-22)28(24,25)17-7-5-16(26-2)6-8-17/h4-9,14H,3,10-13H2,1-2H3. The van der Waals surface area contributed by atoms with Gasteiger partial charge in [0, 0.05) is 26.2 Å². The average Bonchev–Trinajstić information content (AvgIpc) is 3.17. The molecule has 2 aromatic carbocycles. The van der Waals surface area contributed by atoms with E-state index in [-0.39, 0.29) is 0 Å². The normalized spacial score (nSPS) is 15.9. The van der Waals surface area contributed by atoms with Crippen molar-refractivity contribution in [3.8, 4) is 5.75 Å². The lowest BCUT2D eigenvalue weighted by atomic mass is 10.2. The number of hydrogen-bond acceptors (Lipinski definition) is 6. The number of thiazole rings is 1. The van der Waals surface area contributed by atoms with Crippen molar-refractivity contribution in [1.29, 1.82) is 0 Å². The van der Waals surface area contributed by atoms with E-state index in [2.05, 4.69) is 30.0 Å². The van der Waals surface area contributed by atoms with Crippen LogP contribution < -0.4 is 9.64 Å². The molecule has 0 spiro atoms. The second kappa shape index (κ2) is 7.69. The van der Waals surface area contributed by atoms with Crippen LogP contribution in [0.5, 0.6) is 5.75 Å². The van der Waals surface area contributed by atoms with E-state index in [9.17, 15) is 8.42 Å². The minimum atomic E-state index is -3.49. The van der Waals surface area contributed by atoms with Crippen molar-refractivity contribution in [2.75, 3.05) is 38.2 Å². The highest BCUT2D eigenvalue weighted by Crippen LogP contribution is 2.31. The van der Waals surface area contributed by atoms with Gasteiger partial charge in [-0.25, -0.2) is 13.4 Å². The Hall–Kier alpha value is -2.16. The Morgan fingerprint density at radius 3 is 2.43 bits per heavy atom. The van der Waals surface area contributed by atoms with Gasteiger partial charge in [0.1, 0.15) is 5.75 Å². The molecule has 1 saturated heterocycles. The van der Waals surface area contributed by atoms with E-state index in [0.29, 0.717) is 36.8 Å². The van der Waals surface area contributed by atoms with Crippen molar-refractivity contribution in [2.24, 2.45) is 0 Å². The minimum Gasteiger partial charge on any atom is -0.497 e. The number of hydrogen-bond donors (Lipinski definition) is 0. The van der Waals surface area contributed by atoms with E-state index in [0.717, 1.165) is 17.1 Å². The Bertz CT molecular complexity index is 1070. The molecule has 148 valence electrons. The minimum absolute atomic E-state index is 0.300. The molecule has 4 rings (SSSR count). The summed E-state index contributed by atoms with van der Waals surface area (Å²) in [5.41, 5.74) is 2.31. The molecule has 0 unspecified atom stereocenters. The van der Waals surface area contributed by atoms with Crippen LogP contribution in [-0.4, -0.2) is 51.0 Å². The summed E-state index contributed by atoms with van der Waals surface area (Å²) in [5, 5.41) is 0.963. The summed E-state index contributed by atoms with van der Waals surface area (Å²) in [4.78, 5) is 7.22. The number of anilines is 1. The maximum atomic E-state index is 12.9. The van der Waals surface area contributed by atoms with Crippen LogP contribution in [0.2, 0.25) is 0 Å². The molecule has 8 heteroatoms. The monoisotopic (exact) mass is 417 g/mol. The zero-order valence-electron chi connectivity index (χ0n) is 16.0. The number of methoxy groups -OCH3 is 1. The summed E-state index contributed by atoms with van der Waals surface area (Å²) < 4.78 is 33.6. The summed E-state index contributed by atoms with van der Waals surface area (Å²) in [6.07, 6.45) is 1.01. The highest BCUT2D eigenvalue weighted by Gasteiger charge is 2.29. The molecule has 1 fully saturated rings. The molecule has 1 aliphatic rings. The zero-order chi connectivity index (χ0) is 19.7. The third kappa shape index (κ3) is 3.59. The lowest BCUT2D eigenvalue weighted by Crippen LogP contribution is -2.48. The summed E-state index contributed by atoms with van der Waals surface area (Å²) in [6, 6.07) is 12.9. The molecule has 28 heavy (non-hydrogen) atoms. The molecule has 1 aromatic heterocycles. The highest BCUT2D eigenvalue weighted by molar-refractivity contribution is 7.89. The molecule has 3 aromatic rings. The van der Waals surface area contributed by atoms with E-state index in [1.54, 1.807) is 47.0 Å². The Balaban J connectivity index is 1.48. The van der Waals surface area contributed by atoms with E-state index in [1.165, 1.54) is 10.3 Å². The molecule has 0 atom stereocenters. The number of aryl methyl sites for hydroxylation is 1. The van der Waals surface area contributed by atoms with E-state index < -0.39 is 10.0 Å². The molecule has 0 amide bonds. The summed E-state index contributed by atoms with van der Waals surface area (Å²) >= 11 is 1.68. The van der Waals surface area contributed by atoms with Crippen molar-refractivity contribution >= 4 is 36.7 Å². The molecule has 1 aliphatic heterocycles. The number of nitrogens with zero attached hydrogens (tertiary/aromatic N) is 3.